The molecule has 3 unspecified atom stereocenters. The first-order chi connectivity index (χ1) is 8.80. The molecule has 0 aromatic rings. The van der Waals surface area contributed by atoms with Crippen molar-refractivity contribution in [2.75, 3.05) is 34.2 Å². The van der Waals surface area contributed by atoms with Crippen LogP contribution in [0.15, 0.2) is 0 Å². The van der Waals surface area contributed by atoms with Crippen molar-refractivity contribution in [2.24, 2.45) is 5.73 Å². The number of carbonyl (C=O) groups excluding carboxylic acids is 1. The van der Waals surface area contributed by atoms with E-state index < -0.39 is 5.54 Å². The average Bonchev–Trinajstić information content (AvgIpc) is 2.74. The zero-order valence-electron chi connectivity index (χ0n) is 13.1. The molecule has 3 atom stereocenters. The Morgan fingerprint density at radius 3 is 2.68 bits per heavy atom. The van der Waals surface area contributed by atoms with Crippen LogP contribution in [-0.2, 0) is 4.79 Å². The van der Waals surface area contributed by atoms with Crippen molar-refractivity contribution in [3.8, 4) is 0 Å². The lowest BCUT2D eigenvalue weighted by atomic mass is 9.92. The molecular weight excluding hydrogens is 240 g/mol. The molecule has 0 bridgehead atoms. The maximum absolute atomic E-state index is 11.5. The highest BCUT2D eigenvalue weighted by Gasteiger charge is 2.33. The summed E-state index contributed by atoms with van der Waals surface area (Å²) < 4.78 is 0. The Morgan fingerprint density at radius 1 is 1.63 bits per heavy atom. The number of primary amides is 1. The standard InChI is InChI=1S/C14H30N4O/c1-11(9-14(2,16-3)13(15)19)18(5)10-12-7-6-8-17(12)4/h11-12,16H,6-10H2,1-5H3,(H2,15,19). The molecule has 112 valence electrons. The summed E-state index contributed by atoms with van der Waals surface area (Å²) in [6.45, 7) is 6.29. The van der Waals surface area contributed by atoms with Gasteiger partial charge in [-0.3, -0.25) is 4.79 Å². The van der Waals surface area contributed by atoms with Gasteiger partial charge in [0, 0.05) is 18.6 Å². The van der Waals surface area contributed by atoms with E-state index in [9.17, 15) is 4.79 Å². The van der Waals surface area contributed by atoms with Gasteiger partial charge in [0.25, 0.3) is 0 Å². The lowest BCUT2D eigenvalue weighted by molar-refractivity contribution is -0.124. The monoisotopic (exact) mass is 270 g/mol. The smallest absolute Gasteiger partial charge is 0.237 e. The van der Waals surface area contributed by atoms with E-state index in [1.165, 1.54) is 19.4 Å². The Balaban J connectivity index is 2.52. The highest BCUT2D eigenvalue weighted by Crippen LogP contribution is 2.19. The van der Waals surface area contributed by atoms with Gasteiger partial charge < -0.3 is 20.9 Å². The van der Waals surface area contributed by atoms with Crippen LogP contribution in [0.2, 0.25) is 0 Å². The zero-order chi connectivity index (χ0) is 14.6. The fourth-order valence-electron chi connectivity index (χ4n) is 2.79. The zero-order valence-corrected chi connectivity index (χ0v) is 13.1. The molecule has 0 saturated carbocycles. The second-order valence-electron chi connectivity index (χ2n) is 6.22. The van der Waals surface area contributed by atoms with Crippen molar-refractivity contribution in [1.82, 2.24) is 15.1 Å². The number of likely N-dealkylation sites (tertiary alicyclic amines) is 1. The summed E-state index contributed by atoms with van der Waals surface area (Å²) in [4.78, 5) is 16.3. The van der Waals surface area contributed by atoms with Gasteiger partial charge in [0.1, 0.15) is 0 Å². The van der Waals surface area contributed by atoms with Crippen LogP contribution in [0.4, 0.5) is 0 Å². The van der Waals surface area contributed by atoms with E-state index in [1.807, 2.05) is 6.92 Å². The van der Waals surface area contributed by atoms with Gasteiger partial charge >= 0.3 is 0 Å². The minimum Gasteiger partial charge on any atom is -0.368 e. The number of hydrogen-bond acceptors (Lipinski definition) is 4. The van der Waals surface area contributed by atoms with Crippen molar-refractivity contribution in [3.05, 3.63) is 0 Å². The molecule has 0 radical (unpaired) electrons. The molecule has 1 aliphatic rings. The van der Waals surface area contributed by atoms with Gasteiger partial charge in [0.2, 0.25) is 5.91 Å². The lowest BCUT2D eigenvalue weighted by Gasteiger charge is -2.35. The minimum atomic E-state index is -0.630. The molecule has 1 fully saturated rings. The Hall–Kier alpha value is -0.650. The lowest BCUT2D eigenvalue weighted by Crippen LogP contribution is -2.55. The van der Waals surface area contributed by atoms with Crippen molar-refractivity contribution in [2.45, 2.75) is 50.7 Å². The van der Waals surface area contributed by atoms with Gasteiger partial charge in [0.15, 0.2) is 0 Å². The Labute approximate surface area is 117 Å². The normalized spacial score (nSPS) is 25.5. The maximum Gasteiger partial charge on any atom is 0.237 e. The topological polar surface area (TPSA) is 61.6 Å². The van der Waals surface area contributed by atoms with Gasteiger partial charge in [-0.2, -0.15) is 0 Å². The van der Waals surface area contributed by atoms with Gasteiger partial charge in [0.05, 0.1) is 5.54 Å². The third-order valence-corrected chi connectivity index (χ3v) is 4.72. The van der Waals surface area contributed by atoms with E-state index in [1.54, 1.807) is 7.05 Å². The molecule has 0 aromatic carbocycles. The average molecular weight is 270 g/mol. The molecule has 3 N–H and O–H groups in total. The van der Waals surface area contributed by atoms with Crippen LogP contribution in [0, 0.1) is 0 Å². The predicted octanol–water partition coefficient (Wildman–Crippen LogP) is 0.254. The van der Waals surface area contributed by atoms with E-state index in [0.29, 0.717) is 12.1 Å². The Kier molecular flexibility index (Phi) is 5.77. The molecule has 5 heteroatoms. The van der Waals surface area contributed by atoms with Gasteiger partial charge in [-0.05, 0) is 60.8 Å². The summed E-state index contributed by atoms with van der Waals surface area (Å²) in [6.07, 6.45) is 3.29. The number of nitrogens with zero attached hydrogens (tertiary/aromatic N) is 2. The van der Waals surface area contributed by atoms with E-state index in [-0.39, 0.29) is 5.91 Å². The van der Waals surface area contributed by atoms with E-state index in [0.717, 1.165) is 13.0 Å². The van der Waals surface area contributed by atoms with Gasteiger partial charge in [-0.1, -0.05) is 0 Å². The summed E-state index contributed by atoms with van der Waals surface area (Å²) >= 11 is 0. The fourth-order valence-corrected chi connectivity index (χ4v) is 2.79. The first-order valence-corrected chi connectivity index (χ1v) is 7.19. The van der Waals surface area contributed by atoms with Crippen molar-refractivity contribution in [1.29, 1.82) is 0 Å². The quantitative estimate of drug-likeness (QED) is 0.696. The van der Waals surface area contributed by atoms with Gasteiger partial charge in [-0.15, -0.1) is 0 Å². The summed E-state index contributed by atoms with van der Waals surface area (Å²) in [5.74, 6) is -0.284. The van der Waals surface area contributed by atoms with Crippen molar-refractivity contribution >= 4 is 5.91 Å². The predicted molar refractivity (Wildman–Crippen MR) is 79.0 cm³/mol. The van der Waals surface area contributed by atoms with Crippen LogP contribution in [0.1, 0.15) is 33.1 Å². The molecule has 1 aliphatic heterocycles. The van der Waals surface area contributed by atoms with E-state index in [4.69, 9.17) is 5.73 Å². The summed E-state index contributed by atoms with van der Waals surface area (Å²) in [6, 6.07) is 0.959. The summed E-state index contributed by atoms with van der Waals surface area (Å²) in [5.41, 5.74) is 4.86. The molecule has 1 heterocycles. The molecule has 0 aliphatic carbocycles. The highest BCUT2D eigenvalue weighted by atomic mass is 16.1. The molecule has 5 nitrogen and oxygen atoms in total. The molecule has 1 rings (SSSR count). The number of nitrogens with one attached hydrogen (secondary N) is 1. The first-order valence-electron chi connectivity index (χ1n) is 7.19. The van der Waals surface area contributed by atoms with Crippen LogP contribution in [0.25, 0.3) is 0 Å². The highest BCUT2D eigenvalue weighted by molar-refractivity contribution is 5.84. The van der Waals surface area contributed by atoms with Crippen molar-refractivity contribution < 1.29 is 4.79 Å². The van der Waals surface area contributed by atoms with Crippen LogP contribution in [0.3, 0.4) is 0 Å². The van der Waals surface area contributed by atoms with Crippen LogP contribution < -0.4 is 11.1 Å². The third kappa shape index (κ3) is 4.16. The number of hydrogen-bond donors (Lipinski definition) is 2. The first kappa shape index (κ1) is 16.4. The molecule has 1 amide bonds. The largest absolute Gasteiger partial charge is 0.368 e. The molecule has 1 saturated heterocycles. The second kappa shape index (κ2) is 6.68. The molecule has 0 aromatic heterocycles. The number of nitrogens with two attached hydrogens (primary N) is 1. The van der Waals surface area contributed by atoms with E-state index in [2.05, 4.69) is 36.1 Å². The van der Waals surface area contributed by atoms with Crippen molar-refractivity contribution in [3.63, 3.8) is 0 Å². The van der Waals surface area contributed by atoms with Crippen LogP contribution >= 0.6 is 0 Å². The molecular formula is C14H30N4O. The number of carbonyl (C=O) groups is 1. The maximum atomic E-state index is 11.5. The van der Waals surface area contributed by atoms with Crippen LogP contribution in [-0.4, -0.2) is 67.6 Å². The Bertz CT molecular complexity index is 310. The second-order valence-corrected chi connectivity index (χ2v) is 6.22. The SMILES string of the molecule is CNC(C)(CC(C)N(C)CC1CCCN1C)C(N)=O. The number of likely N-dealkylation sites (N-methyl/N-ethyl adjacent to an activating group) is 3. The molecule has 0 spiro atoms. The molecule has 19 heavy (non-hydrogen) atoms. The summed E-state index contributed by atoms with van der Waals surface area (Å²) in [5, 5.41) is 3.05. The van der Waals surface area contributed by atoms with E-state index >= 15 is 0 Å². The van der Waals surface area contributed by atoms with Gasteiger partial charge in [-0.25, -0.2) is 0 Å². The number of rotatable bonds is 7. The van der Waals surface area contributed by atoms with Crippen LogP contribution in [0.5, 0.6) is 0 Å². The fraction of sp³-hybridized carbons (Fsp3) is 0.929. The summed E-state index contributed by atoms with van der Waals surface area (Å²) in [7, 11) is 6.12. The number of amides is 1. The third-order valence-electron chi connectivity index (χ3n) is 4.72. The minimum absolute atomic E-state index is 0.284. The Morgan fingerprint density at radius 2 is 2.26 bits per heavy atom.